The van der Waals surface area contributed by atoms with Crippen LogP contribution in [0.15, 0.2) is 29.3 Å². The van der Waals surface area contributed by atoms with Crippen LogP contribution < -0.4 is 15.4 Å². The van der Waals surface area contributed by atoms with Crippen molar-refractivity contribution in [2.24, 2.45) is 4.99 Å². The van der Waals surface area contributed by atoms with E-state index in [-0.39, 0.29) is 24.0 Å². The lowest BCUT2D eigenvalue weighted by atomic mass is 10.2. The highest BCUT2D eigenvalue weighted by molar-refractivity contribution is 14.0. The molecule has 1 aromatic carbocycles. The zero-order valence-corrected chi connectivity index (χ0v) is 19.3. The van der Waals surface area contributed by atoms with E-state index in [1.807, 2.05) is 18.2 Å². The van der Waals surface area contributed by atoms with E-state index in [9.17, 15) is 0 Å². The van der Waals surface area contributed by atoms with Crippen LogP contribution in [0.2, 0.25) is 0 Å². The minimum atomic E-state index is 0. The number of hydrogen-bond acceptors (Lipinski definition) is 5. The minimum absolute atomic E-state index is 0. The van der Waals surface area contributed by atoms with Gasteiger partial charge in [-0.25, -0.2) is 0 Å². The Hall–Kier alpha value is -1.10. The van der Waals surface area contributed by atoms with E-state index in [1.165, 1.54) is 0 Å². The molecule has 0 fully saturated rings. The van der Waals surface area contributed by atoms with Crippen molar-refractivity contribution in [1.82, 2.24) is 15.5 Å². The molecule has 1 rings (SSSR count). The minimum Gasteiger partial charge on any atom is -0.491 e. The van der Waals surface area contributed by atoms with Gasteiger partial charge in [0.1, 0.15) is 12.4 Å². The number of hydrogen-bond donors (Lipinski definition) is 2. The first-order chi connectivity index (χ1) is 12.7. The van der Waals surface area contributed by atoms with Crippen molar-refractivity contribution in [2.75, 3.05) is 67.8 Å². The SMILES string of the molecule is CN=C(NCCN(C)CCCOC)NCc1cccc(OCCOC)c1.I. The van der Waals surface area contributed by atoms with E-state index >= 15 is 0 Å². The van der Waals surface area contributed by atoms with E-state index in [0.717, 1.165) is 49.9 Å². The number of aliphatic imine (C=N–C) groups is 1. The van der Waals surface area contributed by atoms with Gasteiger partial charge >= 0.3 is 0 Å². The first-order valence-electron chi connectivity index (χ1n) is 9.02. The van der Waals surface area contributed by atoms with Gasteiger partial charge in [0.15, 0.2) is 5.96 Å². The number of ether oxygens (including phenoxy) is 3. The maximum Gasteiger partial charge on any atom is 0.191 e. The van der Waals surface area contributed by atoms with Crippen LogP contribution in [0.1, 0.15) is 12.0 Å². The number of nitrogens with one attached hydrogen (secondary N) is 2. The number of rotatable bonds is 13. The molecule has 0 saturated heterocycles. The van der Waals surface area contributed by atoms with Crippen LogP contribution in [0.3, 0.4) is 0 Å². The molecule has 8 heteroatoms. The number of nitrogens with zero attached hydrogens (tertiary/aromatic N) is 2. The highest BCUT2D eigenvalue weighted by Crippen LogP contribution is 2.13. The third-order valence-electron chi connectivity index (χ3n) is 3.81. The first-order valence-corrected chi connectivity index (χ1v) is 9.02. The lowest BCUT2D eigenvalue weighted by Crippen LogP contribution is -2.40. The van der Waals surface area contributed by atoms with E-state index in [0.29, 0.717) is 19.8 Å². The number of benzene rings is 1. The average molecular weight is 494 g/mol. The lowest BCUT2D eigenvalue weighted by Gasteiger charge is -2.18. The largest absolute Gasteiger partial charge is 0.491 e. The van der Waals surface area contributed by atoms with Crippen molar-refractivity contribution in [3.05, 3.63) is 29.8 Å². The highest BCUT2D eigenvalue weighted by atomic mass is 127. The molecule has 27 heavy (non-hydrogen) atoms. The van der Waals surface area contributed by atoms with Crippen LogP contribution in [0, 0.1) is 0 Å². The zero-order chi connectivity index (χ0) is 19.0. The van der Waals surface area contributed by atoms with Crippen LogP contribution in [-0.4, -0.2) is 78.6 Å². The molecule has 0 unspecified atom stereocenters. The van der Waals surface area contributed by atoms with Crippen molar-refractivity contribution in [3.63, 3.8) is 0 Å². The molecule has 0 saturated carbocycles. The molecule has 156 valence electrons. The Bertz CT molecular complexity index is 517. The summed E-state index contributed by atoms with van der Waals surface area (Å²) in [5.74, 6) is 1.64. The Morgan fingerprint density at radius 2 is 1.85 bits per heavy atom. The zero-order valence-electron chi connectivity index (χ0n) is 17.0. The fourth-order valence-corrected chi connectivity index (χ4v) is 2.35. The molecule has 0 aliphatic rings. The second-order valence-corrected chi connectivity index (χ2v) is 5.99. The summed E-state index contributed by atoms with van der Waals surface area (Å²) >= 11 is 0. The quantitative estimate of drug-likeness (QED) is 0.189. The summed E-state index contributed by atoms with van der Waals surface area (Å²) in [5.41, 5.74) is 1.14. The van der Waals surface area contributed by atoms with Crippen LogP contribution in [0.25, 0.3) is 0 Å². The van der Waals surface area contributed by atoms with Gasteiger partial charge in [0, 0.05) is 54.1 Å². The Morgan fingerprint density at radius 3 is 2.56 bits per heavy atom. The van der Waals surface area contributed by atoms with Gasteiger partial charge in [-0.2, -0.15) is 0 Å². The van der Waals surface area contributed by atoms with Crippen molar-refractivity contribution in [2.45, 2.75) is 13.0 Å². The van der Waals surface area contributed by atoms with Crippen LogP contribution in [0.4, 0.5) is 0 Å². The van der Waals surface area contributed by atoms with E-state index in [2.05, 4.69) is 33.6 Å². The first kappa shape index (κ1) is 25.9. The summed E-state index contributed by atoms with van der Waals surface area (Å²) in [4.78, 5) is 6.54. The smallest absolute Gasteiger partial charge is 0.191 e. The summed E-state index contributed by atoms with van der Waals surface area (Å²) in [5, 5.41) is 6.66. The van der Waals surface area contributed by atoms with E-state index in [4.69, 9.17) is 14.2 Å². The van der Waals surface area contributed by atoms with Crippen molar-refractivity contribution in [1.29, 1.82) is 0 Å². The number of methoxy groups -OCH3 is 2. The Labute approximate surface area is 180 Å². The predicted molar refractivity (Wildman–Crippen MR) is 121 cm³/mol. The standard InChI is InChI=1S/C19H34N4O3.HI/c1-20-19(21-9-11-23(2)10-6-12-24-3)22-16-17-7-5-8-18(15-17)26-14-13-25-4;/h5,7-8,15H,6,9-14,16H2,1-4H3,(H2,20,21,22);1H. The number of halogens is 1. The molecule has 0 bridgehead atoms. The Balaban J connectivity index is 0.00000676. The highest BCUT2D eigenvalue weighted by Gasteiger charge is 2.02. The number of likely N-dealkylation sites (N-methyl/N-ethyl adjacent to an activating group) is 1. The summed E-state index contributed by atoms with van der Waals surface area (Å²) < 4.78 is 15.7. The molecule has 0 spiro atoms. The van der Waals surface area contributed by atoms with Gasteiger partial charge in [-0.05, 0) is 31.2 Å². The van der Waals surface area contributed by atoms with Gasteiger partial charge < -0.3 is 29.7 Å². The van der Waals surface area contributed by atoms with Gasteiger partial charge in [-0.1, -0.05) is 12.1 Å². The molecule has 0 radical (unpaired) electrons. The van der Waals surface area contributed by atoms with E-state index in [1.54, 1.807) is 21.3 Å². The van der Waals surface area contributed by atoms with Gasteiger partial charge in [-0.3, -0.25) is 4.99 Å². The molecular weight excluding hydrogens is 459 g/mol. The van der Waals surface area contributed by atoms with Crippen LogP contribution in [0.5, 0.6) is 5.75 Å². The van der Waals surface area contributed by atoms with Crippen LogP contribution in [-0.2, 0) is 16.0 Å². The van der Waals surface area contributed by atoms with Crippen molar-refractivity contribution < 1.29 is 14.2 Å². The fourth-order valence-electron chi connectivity index (χ4n) is 2.35. The van der Waals surface area contributed by atoms with Gasteiger partial charge in [0.05, 0.1) is 6.61 Å². The third kappa shape index (κ3) is 12.8. The molecule has 0 aliphatic carbocycles. The average Bonchev–Trinajstić information content (AvgIpc) is 2.65. The summed E-state index contributed by atoms with van der Waals surface area (Å²) in [7, 11) is 7.29. The van der Waals surface area contributed by atoms with Gasteiger partial charge in [0.25, 0.3) is 0 Å². The Kier molecular flexibility index (Phi) is 16.3. The number of guanidine groups is 1. The molecule has 0 amide bonds. The molecule has 0 aromatic heterocycles. The van der Waals surface area contributed by atoms with E-state index < -0.39 is 0 Å². The maximum atomic E-state index is 5.64. The molecule has 0 heterocycles. The molecule has 2 N–H and O–H groups in total. The second-order valence-electron chi connectivity index (χ2n) is 5.99. The second kappa shape index (κ2) is 17.0. The van der Waals surface area contributed by atoms with Crippen molar-refractivity contribution >= 4 is 29.9 Å². The normalized spacial score (nSPS) is 11.2. The summed E-state index contributed by atoms with van der Waals surface area (Å²) in [6, 6.07) is 8.03. The fraction of sp³-hybridized carbons (Fsp3) is 0.632. The van der Waals surface area contributed by atoms with Gasteiger partial charge in [0.2, 0.25) is 0 Å². The molecule has 0 atom stereocenters. The maximum absolute atomic E-state index is 5.64. The summed E-state index contributed by atoms with van der Waals surface area (Å²) in [6.07, 6.45) is 1.04. The van der Waals surface area contributed by atoms with Crippen LogP contribution >= 0.6 is 24.0 Å². The molecule has 7 nitrogen and oxygen atoms in total. The molecule has 0 aliphatic heterocycles. The molecular formula is C19H35IN4O3. The third-order valence-corrected chi connectivity index (χ3v) is 3.81. The Morgan fingerprint density at radius 1 is 1.07 bits per heavy atom. The predicted octanol–water partition coefficient (Wildman–Crippen LogP) is 1.96. The van der Waals surface area contributed by atoms with Crippen molar-refractivity contribution in [3.8, 4) is 5.75 Å². The topological polar surface area (TPSA) is 67.4 Å². The monoisotopic (exact) mass is 494 g/mol. The molecule has 1 aromatic rings. The van der Waals surface area contributed by atoms with Gasteiger partial charge in [-0.15, -0.1) is 24.0 Å². The lowest BCUT2D eigenvalue weighted by molar-refractivity contribution is 0.146. The summed E-state index contributed by atoms with van der Waals surface area (Å²) in [6.45, 7) is 5.43.